The Morgan fingerprint density at radius 1 is 1.03 bits per heavy atom. The molecule has 0 saturated carbocycles. The lowest BCUT2D eigenvalue weighted by Gasteiger charge is -2.43. The van der Waals surface area contributed by atoms with Crippen LogP contribution in [0.4, 0.5) is 10.5 Å². The molecule has 0 radical (unpaired) electrons. The molecule has 3 aliphatic rings. The lowest BCUT2D eigenvalue weighted by molar-refractivity contribution is 0.0713. The van der Waals surface area contributed by atoms with Crippen molar-refractivity contribution in [1.29, 1.82) is 0 Å². The van der Waals surface area contributed by atoms with Gasteiger partial charge in [0.25, 0.3) is 0 Å². The van der Waals surface area contributed by atoms with Crippen LogP contribution in [-0.2, 0) is 0 Å². The molecule has 160 valence electrons. The van der Waals surface area contributed by atoms with Gasteiger partial charge in [-0.05, 0) is 76.6 Å². The fourth-order valence-electron chi connectivity index (χ4n) is 5.34. The van der Waals surface area contributed by atoms with Gasteiger partial charge in [-0.25, -0.2) is 4.79 Å². The molecule has 29 heavy (non-hydrogen) atoms. The second-order valence-electron chi connectivity index (χ2n) is 9.86. The molecule has 3 saturated heterocycles. The molecular weight excluding hydrogens is 366 g/mol. The number of carboxylic acid groups (broad SMARTS) is 1. The van der Waals surface area contributed by atoms with E-state index in [-0.39, 0.29) is 17.6 Å². The van der Waals surface area contributed by atoms with Crippen molar-refractivity contribution in [2.45, 2.75) is 64.1 Å². The van der Waals surface area contributed by atoms with E-state index in [2.05, 4.69) is 54.8 Å². The maximum Gasteiger partial charge on any atom is 0.407 e. The highest BCUT2D eigenvalue weighted by Gasteiger charge is 2.43. The van der Waals surface area contributed by atoms with Gasteiger partial charge in [-0.2, -0.15) is 0 Å². The van der Waals surface area contributed by atoms with Crippen LogP contribution in [-0.4, -0.2) is 71.4 Å². The first-order valence-electron chi connectivity index (χ1n) is 11.1. The van der Waals surface area contributed by atoms with E-state index in [1.54, 1.807) is 4.90 Å². The minimum atomic E-state index is -0.754. The Labute approximate surface area is 174 Å². The van der Waals surface area contributed by atoms with Gasteiger partial charge in [0.1, 0.15) is 5.75 Å². The zero-order valence-corrected chi connectivity index (χ0v) is 18.0. The van der Waals surface area contributed by atoms with Crippen LogP contribution in [0.25, 0.3) is 0 Å². The first-order valence-corrected chi connectivity index (χ1v) is 11.1. The summed E-state index contributed by atoms with van der Waals surface area (Å²) in [5.41, 5.74) is 1.50. The highest BCUT2D eigenvalue weighted by atomic mass is 16.5. The second-order valence-corrected chi connectivity index (χ2v) is 9.86. The first-order chi connectivity index (χ1) is 13.8. The van der Waals surface area contributed by atoms with Gasteiger partial charge < -0.3 is 19.6 Å². The lowest BCUT2D eigenvalue weighted by atomic mass is 9.92. The fourth-order valence-corrected chi connectivity index (χ4v) is 5.34. The first kappa shape index (κ1) is 20.3. The molecular formula is C23H35N3O3. The number of piperidine rings is 1. The Morgan fingerprint density at radius 2 is 1.62 bits per heavy atom. The molecule has 2 atom stereocenters. The van der Waals surface area contributed by atoms with Crippen molar-refractivity contribution in [3.05, 3.63) is 24.3 Å². The molecule has 1 aromatic rings. The topological polar surface area (TPSA) is 56.2 Å². The van der Waals surface area contributed by atoms with Crippen LogP contribution in [0.1, 0.15) is 46.5 Å². The van der Waals surface area contributed by atoms with Crippen LogP contribution in [0, 0.1) is 5.92 Å². The largest absolute Gasteiger partial charge is 0.493 e. The number of ether oxygens (including phenoxy) is 1. The summed E-state index contributed by atoms with van der Waals surface area (Å²) < 4.78 is 6.08. The van der Waals surface area contributed by atoms with Crippen LogP contribution >= 0.6 is 0 Å². The third-order valence-electron chi connectivity index (χ3n) is 6.97. The van der Waals surface area contributed by atoms with Crippen LogP contribution in [0.3, 0.4) is 0 Å². The number of hydrogen-bond acceptors (Lipinski definition) is 4. The average molecular weight is 402 g/mol. The number of carbonyl (C=O) groups is 1. The van der Waals surface area contributed by atoms with Crippen LogP contribution < -0.4 is 9.64 Å². The predicted octanol–water partition coefficient (Wildman–Crippen LogP) is 3.91. The predicted molar refractivity (Wildman–Crippen MR) is 115 cm³/mol. The lowest BCUT2D eigenvalue weighted by Crippen LogP contribution is -2.53. The Kier molecular flexibility index (Phi) is 5.65. The number of nitrogens with zero attached hydrogens (tertiary/aromatic N) is 3. The minimum Gasteiger partial charge on any atom is -0.493 e. The van der Waals surface area contributed by atoms with E-state index in [9.17, 15) is 9.90 Å². The summed E-state index contributed by atoms with van der Waals surface area (Å²) in [5.74, 6) is 1.36. The van der Waals surface area contributed by atoms with Crippen LogP contribution in [0.15, 0.2) is 24.3 Å². The molecule has 0 spiro atoms. The summed E-state index contributed by atoms with van der Waals surface area (Å²) >= 11 is 0. The zero-order chi connectivity index (χ0) is 20.6. The number of fused-ring (bicyclic) bond motifs is 2. The van der Waals surface area contributed by atoms with Gasteiger partial charge in [-0.3, -0.25) is 4.90 Å². The number of amides is 1. The Hall–Kier alpha value is -1.95. The van der Waals surface area contributed by atoms with Gasteiger partial charge in [0.05, 0.1) is 6.61 Å². The van der Waals surface area contributed by atoms with Crippen molar-refractivity contribution < 1.29 is 14.6 Å². The monoisotopic (exact) mass is 401 g/mol. The molecule has 1 N–H and O–H groups in total. The van der Waals surface area contributed by atoms with E-state index < -0.39 is 6.09 Å². The average Bonchev–Trinajstić information content (AvgIpc) is 2.97. The van der Waals surface area contributed by atoms with Gasteiger partial charge in [-0.1, -0.05) is 0 Å². The third kappa shape index (κ3) is 4.47. The van der Waals surface area contributed by atoms with Gasteiger partial charge in [-0.15, -0.1) is 0 Å². The number of piperazine rings is 1. The van der Waals surface area contributed by atoms with Crippen molar-refractivity contribution in [2.24, 2.45) is 5.92 Å². The standard InChI is InChI=1S/C23H35N3O3/c1-23(2,3)25-12-10-24(11-13-25)18-6-8-21(9-7-18)29-16-17-14-19-4-5-20(15-17)26(19)22(27)28/h6-9,17,19-20H,4-5,10-16H2,1-3H3,(H,27,28). The molecule has 2 bridgehead atoms. The SMILES string of the molecule is CC(C)(C)N1CCN(c2ccc(OCC3CC4CCC(C3)N4C(=O)O)cc2)CC1. The van der Waals surface area contributed by atoms with E-state index in [1.807, 2.05) is 0 Å². The van der Waals surface area contributed by atoms with Crippen molar-refractivity contribution >= 4 is 11.8 Å². The molecule has 4 rings (SSSR count). The van der Waals surface area contributed by atoms with Crippen LogP contribution in [0.5, 0.6) is 5.75 Å². The van der Waals surface area contributed by atoms with E-state index in [0.717, 1.165) is 57.6 Å². The van der Waals surface area contributed by atoms with E-state index in [4.69, 9.17) is 4.74 Å². The quantitative estimate of drug-likeness (QED) is 0.829. The van der Waals surface area contributed by atoms with Crippen molar-refractivity contribution in [3.8, 4) is 5.75 Å². The fraction of sp³-hybridized carbons (Fsp3) is 0.696. The summed E-state index contributed by atoms with van der Waals surface area (Å²) in [7, 11) is 0. The molecule has 3 fully saturated rings. The highest BCUT2D eigenvalue weighted by Crippen LogP contribution is 2.39. The van der Waals surface area contributed by atoms with Gasteiger partial charge in [0, 0.05) is 49.5 Å². The molecule has 6 nitrogen and oxygen atoms in total. The number of rotatable bonds is 4. The molecule has 0 aromatic heterocycles. The zero-order valence-electron chi connectivity index (χ0n) is 18.0. The Balaban J connectivity index is 1.26. The van der Waals surface area contributed by atoms with E-state index in [1.165, 1.54) is 5.69 Å². The summed E-state index contributed by atoms with van der Waals surface area (Å²) in [5, 5.41) is 9.39. The maximum atomic E-state index is 11.4. The maximum absolute atomic E-state index is 11.4. The summed E-state index contributed by atoms with van der Waals surface area (Å²) in [6.07, 6.45) is 3.11. The second kappa shape index (κ2) is 8.05. The summed E-state index contributed by atoms with van der Waals surface area (Å²) in [6, 6.07) is 8.86. The molecule has 6 heteroatoms. The number of anilines is 1. The molecule has 3 aliphatic heterocycles. The molecule has 2 unspecified atom stereocenters. The third-order valence-corrected chi connectivity index (χ3v) is 6.97. The van der Waals surface area contributed by atoms with Crippen molar-refractivity contribution in [1.82, 2.24) is 9.80 Å². The number of benzene rings is 1. The van der Waals surface area contributed by atoms with Gasteiger partial charge >= 0.3 is 6.09 Å². The normalized spacial score (nSPS) is 27.9. The molecule has 1 amide bonds. The molecule has 0 aliphatic carbocycles. The Bertz CT molecular complexity index is 693. The Morgan fingerprint density at radius 3 is 2.14 bits per heavy atom. The molecule has 3 heterocycles. The molecule has 1 aromatic carbocycles. The van der Waals surface area contributed by atoms with E-state index >= 15 is 0 Å². The number of hydrogen-bond donors (Lipinski definition) is 1. The van der Waals surface area contributed by atoms with Gasteiger partial charge in [0.2, 0.25) is 0 Å². The van der Waals surface area contributed by atoms with E-state index in [0.29, 0.717) is 12.5 Å². The van der Waals surface area contributed by atoms with Crippen molar-refractivity contribution in [2.75, 3.05) is 37.7 Å². The summed E-state index contributed by atoms with van der Waals surface area (Å²) in [4.78, 5) is 18.1. The van der Waals surface area contributed by atoms with Crippen molar-refractivity contribution in [3.63, 3.8) is 0 Å². The smallest absolute Gasteiger partial charge is 0.407 e. The summed E-state index contributed by atoms with van der Waals surface area (Å²) in [6.45, 7) is 11.8. The van der Waals surface area contributed by atoms with Gasteiger partial charge in [0.15, 0.2) is 0 Å². The highest BCUT2D eigenvalue weighted by molar-refractivity contribution is 5.66. The minimum absolute atomic E-state index is 0.189. The van der Waals surface area contributed by atoms with Crippen LogP contribution in [0.2, 0.25) is 0 Å².